The summed E-state index contributed by atoms with van der Waals surface area (Å²) in [4.78, 5) is 2.11. The van der Waals surface area contributed by atoms with Crippen LogP contribution in [0.1, 0.15) is 12.0 Å². The van der Waals surface area contributed by atoms with Gasteiger partial charge in [0.2, 0.25) is 10.0 Å². The van der Waals surface area contributed by atoms with Crippen LogP contribution in [0.5, 0.6) is 0 Å². The van der Waals surface area contributed by atoms with Crippen molar-refractivity contribution in [1.29, 1.82) is 0 Å². The molecular weight excluding hydrogens is 348 g/mol. The van der Waals surface area contributed by atoms with E-state index in [1.54, 1.807) is 6.08 Å². The first-order valence-corrected chi connectivity index (χ1v) is 11.4. The number of rotatable bonds is 4. The highest BCUT2D eigenvalue weighted by molar-refractivity contribution is 7.92. The predicted octanol–water partition coefficient (Wildman–Crippen LogP) is 0.792. The second-order valence-electron chi connectivity index (χ2n) is 6.25. The number of sulfonamides is 1. The second-order valence-corrected chi connectivity index (χ2v) is 10.3. The zero-order valence-electron chi connectivity index (χ0n) is 13.4. The smallest absolute Gasteiger partial charge is 0.236 e. The van der Waals surface area contributed by atoms with Crippen LogP contribution in [0.2, 0.25) is 0 Å². The summed E-state index contributed by atoms with van der Waals surface area (Å²) in [6.45, 7) is 1.97. The first-order chi connectivity index (χ1) is 11.4. The van der Waals surface area contributed by atoms with Crippen molar-refractivity contribution in [2.24, 2.45) is 0 Å². The fourth-order valence-electron chi connectivity index (χ4n) is 3.20. The molecule has 1 aromatic rings. The number of hydrogen-bond acceptors (Lipinski definition) is 5. The Balaban J connectivity index is 1.59. The molecule has 132 valence electrons. The molecule has 2 aliphatic heterocycles. The average molecular weight is 370 g/mol. The van der Waals surface area contributed by atoms with E-state index in [-0.39, 0.29) is 17.5 Å². The van der Waals surface area contributed by atoms with Gasteiger partial charge < -0.3 is 0 Å². The van der Waals surface area contributed by atoms with E-state index in [9.17, 15) is 16.8 Å². The predicted molar refractivity (Wildman–Crippen MR) is 94.6 cm³/mol. The molecule has 8 heteroatoms. The Morgan fingerprint density at radius 3 is 2.29 bits per heavy atom. The van der Waals surface area contributed by atoms with E-state index >= 15 is 0 Å². The molecule has 0 spiro atoms. The molecule has 0 saturated carbocycles. The summed E-state index contributed by atoms with van der Waals surface area (Å²) in [7, 11) is -6.35. The van der Waals surface area contributed by atoms with E-state index in [0.29, 0.717) is 32.6 Å². The fourth-order valence-corrected chi connectivity index (χ4v) is 6.14. The molecular formula is C16H22N2O4S2. The maximum absolute atomic E-state index is 12.4. The minimum Gasteiger partial charge on any atom is -0.297 e. The molecule has 1 aromatic carbocycles. The lowest BCUT2D eigenvalue weighted by Crippen LogP contribution is -2.51. The molecule has 2 aliphatic rings. The lowest BCUT2D eigenvalue weighted by molar-refractivity contribution is 0.149. The van der Waals surface area contributed by atoms with E-state index in [0.717, 1.165) is 5.56 Å². The number of benzene rings is 1. The van der Waals surface area contributed by atoms with Crippen LogP contribution in [0, 0.1) is 0 Å². The number of sulfone groups is 1. The Bertz CT molecular complexity index is 796. The second kappa shape index (κ2) is 6.95. The first-order valence-electron chi connectivity index (χ1n) is 8.03. The molecule has 2 saturated heterocycles. The fraction of sp³-hybridized carbons (Fsp3) is 0.500. The summed E-state index contributed by atoms with van der Waals surface area (Å²) in [6.07, 6.45) is 2.26. The SMILES string of the molecule is O=S1(=O)CC[C@@H](N2CCN(S(=O)(=O)/C=C/c3ccccc3)CC2)C1. The largest absolute Gasteiger partial charge is 0.297 e. The van der Waals surface area contributed by atoms with Crippen molar-refractivity contribution in [3.8, 4) is 0 Å². The highest BCUT2D eigenvalue weighted by Crippen LogP contribution is 2.20. The minimum absolute atomic E-state index is 0.0414. The van der Waals surface area contributed by atoms with Gasteiger partial charge in [0, 0.05) is 37.6 Å². The van der Waals surface area contributed by atoms with Crippen molar-refractivity contribution in [3.05, 3.63) is 41.3 Å². The highest BCUT2D eigenvalue weighted by atomic mass is 32.2. The third-order valence-electron chi connectivity index (χ3n) is 4.59. The van der Waals surface area contributed by atoms with Gasteiger partial charge in [-0.2, -0.15) is 4.31 Å². The molecule has 1 atom stereocenters. The van der Waals surface area contributed by atoms with Crippen LogP contribution in [-0.2, 0) is 19.9 Å². The van der Waals surface area contributed by atoms with Crippen LogP contribution < -0.4 is 0 Å². The van der Waals surface area contributed by atoms with Gasteiger partial charge in [-0.05, 0) is 18.1 Å². The molecule has 3 rings (SSSR count). The highest BCUT2D eigenvalue weighted by Gasteiger charge is 2.35. The quantitative estimate of drug-likeness (QED) is 0.783. The Labute approximate surface area is 143 Å². The Hall–Kier alpha value is -1.22. The molecule has 0 aromatic heterocycles. The van der Waals surface area contributed by atoms with Crippen LogP contribution in [0.25, 0.3) is 6.08 Å². The maximum atomic E-state index is 12.4. The van der Waals surface area contributed by atoms with Crippen LogP contribution in [-0.4, -0.2) is 69.8 Å². The van der Waals surface area contributed by atoms with Gasteiger partial charge in [-0.25, -0.2) is 16.8 Å². The Morgan fingerprint density at radius 1 is 1.04 bits per heavy atom. The van der Waals surface area contributed by atoms with Gasteiger partial charge in [-0.1, -0.05) is 30.3 Å². The molecule has 0 N–H and O–H groups in total. The van der Waals surface area contributed by atoms with Crippen molar-refractivity contribution in [2.45, 2.75) is 12.5 Å². The third kappa shape index (κ3) is 4.24. The van der Waals surface area contributed by atoms with Crippen molar-refractivity contribution in [2.75, 3.05) is 37.7 Å². The van der Waals surface area contributed by atoms with E-state index in [1.807, 2.05) is 30.3 Å². The zero-order chi connectivity index (χ0) is 17.2. The lowest BCUT2D eigenvalue weighted by atomic mass is 10.2. The van der Waals surface area contributed by atoms with Gasteiger partial charge in [0.1, 0.15) is 0 Å². The molecule has 0 radical (unpaired) electrons. The van der Waals surface area contributed by atoms with Crippen molar-refractivity contribution < 1.29 is 16.8 Å². The molecule has 2 heterocycles. The summed E-state index contributed by atoms with van der Waals surface area (Å²) >= 11 is 0. The molecule has 2 fully saturated rings. The zero-order valence-corrected chi connectivity index (χ0v) is 15.0. The van der Waals surface area contributed by atoms with Crippen LogP contribution in [0.15, 0.2) is 35.7 Å². The van der Waals surface area contributed by atoms with E-state index in [4.69, 9.17) is 0 Å². The Morgan fingerprint density at radius 2 is 1.71 bits per heavy atom. The van der Waals surface area contributed by atoms with Crippen molar-refractivity contribution in [3.63, 3.8) is 0 Å². The van der Waals surface area contributed by atoms with Crippen molar-refractivity contribution in [1.82, 2.24) is 9.21 Å². The topological polar surface area (TPSA) is 74.8 Å². The van der Waals surface area contributed by atoms with Crippen LogP contribution >= 0.6 is 0 Å². The van der Waals surface area contributed by atoms with Crippen LogP contribution in [0.3, 0.4) is 0 Å². The van der Waals surface area contributed by atoms with E-state index < -0.39 is 19.9 Å². The molecule has 0 amide bonds. The molecule has 6 nitrogen and oxygen atoms in total. The number of hydrogen-bond donors (Lipinski definition) is 0. The normalized spacial score (nSPS) is 26.1. The first kappa shape index (κ1) is 17.6. The monoisotopic (exact) mass is 370 g/mol. The summed E-state index contributed by atoms with van der Waals surface area (Å²) in [6, 6.07) is 9.35. The molecule has 0 bridgehead atoms. The minimum atomic E-state index is -3.44. The van der Waals surface area contributed by atoms with Gasteiger partial charge in [-0.3, -0.25) is 4.90 Å². The van der Waals surface area contributed by atoms with Crippen molar-refractivity contribution >= 4 is 25.9 Å². The van der Waals surface area contributed by atoms with Gasteiger partial charge in [0.05, 0.1) is 11.5 Å². The van der Waals surface area contributed by atoms with Gasteiger partial charge >= 0.3 is 0 Å². The van der Waals surface area contributed by atoms with Crippen LogP contribution in [0.4, 0.5) is 0 Å². The Kier molecular flexibility index (Phi) is 5.10. The third-order valence-corrected chi connectivity index (χ3v) is 7.91. The summed E-state index contributed by atoms with van der Waals surface area (Å²) < 4.78 is 49.5. The van der Waals surface area contributed by atoms with Gasteiger partial charge in [0.15, 0.2) is 9.84 Å². The summed E-state index contributed by atoms with van der Waals surface area (Å²) in [5.74, 6) is 0.448. The summed E-state index contributed by atoms with van der Waals surface area (Å²) in [5.41, 5.74) is 0.843. The molecule has 0 unspecified atom stereocenters. The standard InChI is InChI=1S/C16H22N2O4S2/c19-23(20)12-7-16(14-23)17-8-10-18(11-9-17)24(21,22)13-6-15-4-2-1-3-5-15/h1-6,13,16H,7-12,14H2/b13-6+/t16-/m1/s1. The summed E-state index contributed by atoms with van der Waals surface area (Å²) in [5, 5.41) is 1.25. The number of piperazine rings is 1. The molecule has 24 heavy (non-hydrogen) atoms. The maximum Gasteiger partial charge on any atom is 0.236 e. The number of nitrogens with zero attached hydrogens (tertiary/aromatic N) is 2. The van der Waals surface area contributed by atoms with Gasteiger partial charge in [-0.15, -0.1) is 0 Å². The molecule has 0 aliphatic carbocycles. The van der Waals surface area contributed by atoms with E-state index in [1.165, 1.54) is 9.71 Å². The van der Waals surface area contributed by atoms with Gasteiger partial charge in [0.25, 0.3) is 0 Å². The average Bonchev–Trinajstić information content (AvgIpc) is 2.94. The van der Waals surface area contributed by atoms with E-state index in [2.05, 4.69) is 4.90 Å². The lowest BCUT2D eigenvalue weighted by Gasteiger charge is -2.36.